The molecule has 1 aromatic carbocycles. The van der Waals surface area contributed by atoms with E-state index >= 15 is 0 Å². The summed E-state index contributed by atoms with van der Waals surface area (Å²) >= 11 is 0. The summed E-state index contributed by atoms with van der Waals surface area (Å²) in [4.78, 5) is 12.5. The van der Waals surface area contributed by atoms with E-state index < -0.39 is 17.6 Å². The molecular weight excluding hydrogens is 333 g/mol. The van der Waals surface area contributed by atoms with Crippen LogP contribution < -0.4 is 10.6 Å². The molecule has 1 aromatic rings. The van der Waals surface area contributed by atoms with Crippen LogP contribution in [0, 0.1) is 0 Å². The predicted molar refractivity (Wildman–Crippen MR) is 87.4 cm³/mol. The second-order valence-corrected chi connectivity index (χ2v) is 5.49. The maximum atomic E-state index is 12.8. The van der Waals surface area contributed by atoms with Crippen molar-refractivity contribution >= 4 is 11.6 Å². The molecule has 0 fully saturated rings. The third-order valence-corrected chi connectivity index (χ3v) is 3.86. The van der Waals surface area contributed by atoms with Gasteiger partial charge >= 0.3 is 6.18 Å². The van der Waals surface area contributed by atoms with Crippen molar-refractivity contribution in [1.82, 2.24) is 5.32 Å². The van der Waals surface area contributed by atoms with E-state index in [0.717, 1.165) is 12.1 Å². The number of alkyl halides is 3. The number of benzene rings is 1. The molecule has 130 valence electrons. The van der Waals surface area contributed by atoms with Crippen molar-refractivity contribution in [1.29, 1.82) is 0 Å². The number of hydrogen-bond donors (Lipinski definition) is 2. The van der Waals surface area contributed by atoms with E-state index in [2.05, 4.69) is 10.6 Å². The quantitative estimate of drug-likeness (QED) is 0.879. The van der Waals surface area contributed by atoms with Crippen molar-refractivity contribution in [2.45, 2.75) is 12.2 Å². The Morgan fingerprint density at radius 1 is 1.24 bits per heavy atom. The Morgan fingerprint density at radius 3 is 2.76 bits per heavy atom. The third kappa shape index (κ3) is 3.60. The first-order valence-corrected chi connectivity index (χ1v) is 7.48. The monoisotopic (exact) mass is 348 g/mol. The highest BCUT2D eigenvalue weighted by Crippen LogP contribution is 2.31. The van der Waals surface area contributed by atoms with Gasteiger partial charge in [-0.1, -0.05) is 12.1 Å². The van der Waals surface area contributed by atoms with Crippen LogP contribution >= 0.6 is 0 Å². The van der Waals surface area contributed by atoms with Crippen LogP contribution in [0.3, 0.4) is 0 Å². The molecule has 7 heteroatoms. The summed E-state index contributed by atoms with van der Waals surface area (Å²) in [6.07, 6.45) is 4.04. The van der Waals surface area contributed by atoms with Crippen LogP contribution in [0.5, 0.6) is 0 Å². The van der Waals surface area contributed by atoms with E-state index in [1.165, 1.54) is 12.1 Å². The first kappa shape index (κ1) is 16.9. The normalized spacial score (nSPS) is 19.0. The fourth-order valence-corrected chi connectivity index (χ4v) is 2.63. The molecule has 0 saturated heterocycles. The van der Waals surface area contributed by atoms with E-state index in [0.29, 0.717) is 16.9 Å². The molecule has 1 atom stereocenters. The molecule has 0 bridgehead atoms. The Morgan fingerprint density at radius 2 is 2.04 bits per heavy atom. The van der Waals surface area contributed by atoms with Crippen LogP contribution in [0.1, 0.15) is 5.56 Å². The second-order valence-electron chi connectivity index (χ2n) is 5.49. The Bertz CT molecular complexity index is 820. The zero-order valence-electron chi connectivity index (χ0n) is 13.2. The van der Waals surface area contributed by atoms with Gasteiger partial charge in [0.25, 0.3) is 5.91 Å². The van der Waals surface area contributed by atoms with Gasteiger partial charge < -0.3 is 15.4 Å². The maximum absolute atomic E-state index is 12.8. The molecule has 0 saturated carbocycles. The highest BCUT2D eigenvalue weighted by Gasteiger charge is 2.30. The molecule has 1 amide bonds. The number of carbonyl (C=O) groups excluding carboxylic acids is 1. The predicted octanol–water partition coefficient (Wildman–Crippen LogP) is 3.53. The maximum Gasteiger partial charge on any atom is 0.416 e. The van der Waals surface area contributed by atoms with Gasteiger partial charge in [0.1, 0.15) is 5.76 Å². The average molecular weight is 348 g/mol. The molecule has 1 unspecified atom stereocenters. The lowest BCUT2D eigenvalue weighted by Crippen LogP contribution is -2.32. The molecule has 1 heterocycles. The number of amides is 1. The van der Waals surface area contributed by atoms with Gasteiger partial charge in [-0.3, -0.25) is 4.79 Å². The summed E-state index contributed by atoms with van der Waals surface area (Å²) in [6, 6.07) is 4.31. The van der Waals surface area contributed by atoms with Gasteiger partial charge in [0.2, 0.25) is 0 Å². The summed E-state index contributed by atoms with van der Waals surface area (Å²) in [6.45, 7) is 0. The van der Waals surface area contributed by atoms with Gasteiger partial charge in [-0.2, -0.15) is 13.2 Å². The minimum Gasteiger partial charge on any atom is -0.497 e. The Kier molecular flexibility index (Phi) is 4.39. The molecule has 0 aromatic heterocycles. The number of hydrogen-bond acceptors (Lipinski definition) is 3. The lowest BCUT2D eigenvalue weighted by Gasteiger charge is -2.25. The van der Waals surface area contributed by atoms with Gasteiger partial charge in [-0.15, -0.1) is 0 Å². The molecule has 1 aliphatic carbocycles. The van der Waals surface area contributed by atoms with Crippen LogP contribution in [0.4, 0.5) is 18.9 Å². The van der Waals surface area contributed by atoms with E-state index in [4.69, 9.17) is 4.74 Å². The van der Waals surface area contributed by atoms with Crippen LogP contribution in [0.25, 0.3) is 0 Å². The third-order valence-electron chi connectivity index (χ3n) is 3.86. The van der Waals surface area contributed by atoms with Crippen molar-refractivity contribution in [2.24, 2.45) is 0 Å². The average Bonchev–Trinajstić information content (AvgIpc) is 2.60. The summed E-state index contributed by atoms with van der Waals surface area (Å²) in [5, 5.41) is 5.61. The summed E-state index contributed by atoms with van der Waals surface area (Å²) < 4.78 is 43.5. The van der Waals surface area contributed by atoms with Crippen molar-refractivity contribution in [2.75, 3.05) is 12.4 Å². The Hall–Kier alpha value is -2.96. The van der Waals surface area contributed by atoms with Crippen molar-refractivity contribution in [3.8, 4) is 0 Å². The number of halogens is 3. The lowest BCUT2D eigenvalue weighted by atomic mass is 9.93. The number of allylic oxidation sites excluding steroid dienone is 1. The number of dihydropyridines is 1. The first-order valence-electron chi connectivity index (χ1n) is 7.48. The number of ether oxygens (including phenoxy) is 1. The zero-order chi connectivity index (χ0) is 18.0. The topological polar surface area (TPSA) is 50.4 Å². The minimum absolute atomic E-state index is 0.0873. The Balaban J connectivity index is 1.84. The minimum atomic E-state index is -4.46. The highest BCUT2D eigenvalue weighted by molar-refractivity contribution is 6.07. The largest absolute Gasteiger partial charge is 0.497 e. The molecule has 1 aliphatic heterocycles. The number of anilines is 1. The fraction of sp³-hybridized carbons (Fsp3) is 0.167. The molecular formula is C18H15F3N2O2. The van der Waals surface area contributed by atoms with Crippen LogP contribution in [0.15, 0.2) is 71.7 Å². The lowest BCUT2D eigenvalue weighted by molar-refractivity contribution is -0.137. The molecule has 25 heavy (non-hydrogen) atoms. The number of rotatable bonds is 3. The van der Waals surface area contributed by atoms with Gasteiger partial charge in [-0.05, 0) is 48.2 Å². The van der Waals surface area contributed by atoms with Crippen LogP contribution in [-0.4, -0.2) is 19.1 Å². The van der Waals surface area contributed by atoms with E-state index in [1.807, 2.05) is 6.08 Å². The summed E-state index contributed by atoms with van der Waals surface area (Å²) in [7, 11) is 1.55. The van der Waals surface area contributed by atoms with E-state index in [9.17, 15) is 18.0 Å². The summed E-state index contributed by atoms with van der Waals surface area (Å²) in [5.41, 5.74) is 0.368. The van der Waals surface area contributed by atoms with Gasteiger partial charge in [0.05, 0.1) is 18.7 Å². The smallest absolute Gasteiger partial charge is 0.416 e. The SMILES string of the molecule is COC1=CC2NC=CC(C(=O)Nc3cccc(C(F)(F)F)c3)=C2C=C1. The van der Waals surface area contributed by atoms with Crippen molar-refractivity contribution < 1.29 is 22.7 Å². The molecule has 3 rings (SSSR count). The number of carbonyl (C=O) groups is 1. The molecule has 0 radical (unpaired) electrons. The van der Waals surface area contributed by atoms with Crippen molar-refractivity contribution in [3.05, 3.63) is 77.2 Å². The standard InChI is InChI=1S/C18H15F3N2O2/c1-25-13-5-6-14-15(7-8-22-16(14)10-13)17(24)23-12-4-2-3-11(9-12)18(19,20)21/h2-10,16,22H,1H3,(H,23,24). The molecule has 2 N–H and O–H groups in total. The first-order chi connectivity index (χ1) is 11.9. The number of methoxy groups -OCH3 is 1. The molecule has 2 aliphatic rings. The zero-order valence-corrected chi connectivity index (χ0v) is 13.2. The van der Waals surface area contributed by atoms with E-state index in [1.54, 1.807) is 31.5 Å². The van der Waals surface area contributed by atoms with Crippen LogP contribution in [-0.2, 0) is 15.7 Å². The Labute approximate surface area is 142 Å². The molecule has 4 nitrogen and oxygen atoms in total. The second kappa shape index (κ2) is 6.51. The fourth-order valence-electron chi connectivity index (χ4n) is 2.63. The van der Waals surface area contributed by atoms with Gasteiger partial charge in [0, 0.05) is 11.3 Å². The number of fused-ring (bicyclic) bond motifs is 1. The van der Waals surface area contributed by atoms with Gasteiger partial charge in [0.15, 0.2) is 0 Å². The summed E-state index contributed by atoms with van der Waals surface area (Å²) in [5.74, 6) is 0.185. The van der Waals surface area contributed by atoms with Gasteiger partial charge in [-0.25, -0.2) is 0 Å². The highest BCUT2D eigenvalue weighted by atomic mass is 19.4. The van der Waals surface area contributed by atoms with E-state index in [-0.39, 0.29) is 11.7 Å². The van der Waals surface area contributed by atoms with Crippen molar-refractivity contribution in [3.63, 3.8) is 0 Å². The van der Waals surface area contributed by atoms with Crippen LogP contribution in [0.2, 0.25) is 0 Å². The molecule has 0 spiro atoms. The number of nitrogens with one attached hydrogen (secondary N) is 2.